The first-order valence-electron chi connectivity index (χ1n) is 11.8. The number of carbonyl (C=O) groups is 2. The first kappa shape index (κ1) is 26.0. The number of anilines is 1. The minimum absolute atomic E-state index is 0.191. The van der Waals surface area contributed by atoms with E-state index in [1.165, 1.54) is 7.11 Å². The largest absolute Gasteiger partial charge is 0.497 e. The second-order valence-electron chi connectivity index (χ2n) is 8.29. The van der Waals surface area contributed by atoms with Gasteiger partial charge in [0.25, 0.3) is 0 Å². The van der Waals surface area contributed by atoms with E-state index in [-0.39, 0.29) is 12.2 Å². The van der Waals surface area contributed by atoms with Gasteiger partial charge in [-0.1, -0.05) is 78.9 Å². The zero-order valence-corrected chi connectivity index (χ0v) is 21.0. The molecule has 0 aliphatic rings. The van der Waals surface area contributed by atoms with Crippen molar-refractivity contribution in [2.75, 3.05) is 19.5 Å². The lowest BCUT2D eigenvalue weighted by atomic mass is 10.1. The monoisotopic (exact) mass is 509 g/mol. The number of methoxy groups -OCH3 is 2. The number of carboxylic acid groups (broad SMARTS) is 1. The fourth-order valence-electron chi connectivity index (χ4n) is 3.93. The molecule has 7 nitrogen and oxygen atoms in total. The number of ether oxygens (including phenoxy) is 3. The molecule has 7 heteroatoms. The average Bonchev–Trinajstić information content (AvgIpc) is 2.96. The molecule has 0 unspecified atom stereocenters. The van der Waals surface area contributed by atoms with Crippen molar-refractivity contribution in [2.24, 2.45) is 0 Å². The van der Waals surface area contributed by atoms with E-state index in [2.05, 4.69) is 5.32 Å². The van der Waals surface area contributed by atoms with Gasteiger partial charge < -0.3 is 19.3 Å². The van der Waals surface area contributed by atoms with Crippen LogP contribution in [0, 0.1) is 0 Å². The molecule has 0 aliphatic heterocycles. The summed E-state index contributed by atoms with van der Waals surface area (Å²) in [5, 5.41) is 15.6. The number of aromatic carboxylic acids is 1. The summed E-state index contributed by atoms with van der Waals surface area (Å²) < 4.78 is 15.6. The van der Waals surface area contributed by atoms with Gasteiger partial charge in [0.15, 0.2) is 0 Å². The number of amides is 1. The molecule has 0 fully saturated rings. The predicted octanol–water partition coefficient (Wildman–Crippen LogP) is 7.14. The topological polar surface area (TPSA) is 94.1 Å². The minimum Gasteiger partial charge on any atom is -0.497 e. The molecule has 0 aliphatic carbocycles. The molecule has 1 amide bonds. The Morgan fingerprint density at radius 1 is 0.737 bits per heavy atom. The van der Waals surface area contributed by atoms with Crippen LogP contribution in [0.15, 0.2) is 103 Å². The molecule has 5 rings (SSSR count). The molecule has 0 spiro atoms. The molecule has 0 aromatic heterocycles. The number of fused-ring (bicyclic) bond motifs is 2. The molecule has 2 N–H and O–H groups in total. The van der Waals surface area contributed by atoms with Crippen molar-refractivity contribution in [1.82, 2.24) is 0 Å². The Bertz CT molecular complexity index is 1570. The molecule has 0 heterocycles. The van der Waals surface area contributed by atoms with Crippen molar-refractivity contribution >= 4 is 39.3 Å². The van der Waals surface area contributed by atoms with E-state index >= 15 is 0 Å². The van der Waals surface area contributed by atoms with Crippen molar-refractivity contribution in [2.45, 2.75) is 6.61 Å². The summed E-state index contributed by atoms with van der Waals surface area (Å²) in [4.78, 5) is 23.0. The SMILES string of the molecule is COc1cc(NC(=O)OCc2ccccc2)c2ccccc2c1.COc1cc2ccccc2cc1C(=O)O. The van der Waals surface area contributed by atoms with E-state index in [1.807, 2.05) is 84.9 Å². The number of benzene rings is 5. The molecule has 5 aromatic rings. The molecule has 0 atom stereocenters. The number of hydrogen-bond acceptors (Lipinski definition) is 5. The van der Waals surface area contributed by atoms with Crippen molar-refractivity contribution in [3.8, 4) is 11.5 Å². The highest BCUT2D eigenvalue weighted by Crippen LogP contribution is 2.29. The molecule has 0 radical (unpaired) electrons. The van der Waals surface area contributed by atoms with Gasteiger partial charge in [0, 0.05) is 11.5 Å². The molecule has 0 saturated heterocycles. The molecule has 5 aromatic carbocycles. The summed E-state index contributed by atoms with van der Waals surface area (Å²) in [6.07, 6.45) is -0.493. The Kier molecular flexibility index (Phi) is 8.41. The van der Waals surface area contributed by atoms with Crippen molar-refractivity contribution in [1.29, 1.82) is 0 Å². The Hall–Kier alpha value is -5.04. The average molecular weight is 510 g/mol. The molecular weight excluding hydrogens is 482 g/mol. The normalized spacial score (nSPS) is 10.3. The van der Waals surface area contributed by atoms with E-state index in [9.17, 15) is 9.59 Å². The highest BCUT2D eigenvalue weighted by atomic mass is 16.5. The number of carbonyl (C=O) groups excluding carboxylic acids is 1. The maximum atomic E-state index is 12.1. The first-order valence-corrected chi connectivity index (χ1v) is 11.8. The van der Waals surface area contributed by atoms with Crippen LogP contribution in [0.2, 0.25) is 0 Å². The van der Waals surface area contributed by atoms with Gasteiger partial charge >= 0.3 is 12.1 Å². The van der Waals surface area contributed by atoms with Gasteiger partial charge in [-0.25, -0.2) is 9.59 Å². The summed E-state index contributed by atoms with van der Waals surface area (Å²) in [5.41, 5.74) is 1.80. The molecule has 0 saturated carbocycles. The van der Waals surface area contributed by atoms with E-state index in [0.29, 0.717) is 17.2 Å². The summed E-state index contributed by atoms with van der Waals surface area (Å²) in [7, 11) is 3.07. The quantitative estimate of drug-likeness (QED) is 0.253. The summed E-state index contributed by atoms with van der Waals surface area (Å²) in [6.45, 7) is 0.231. The summed E-state index contributed by atoms with van der Waals surface area (Å²) in [6, 6.07) is 32.0. The Balaban J connectivity index is 0.000000194. The number of rotatable bonds is 6. The van der Waals surface area contributed by atoms with Crippen LogP contribution in [0.4, 0.5) is 10.5 Å². The van der Waals surface area contributed by atoms with Gasteiger partial charge in [0.1, 0.15) is 23.7 Å². The zero-order chi connectivity index (χ0) is 26.9. The molecular formula is C31H27NO6. The third-order valence-corrected chi connectivity index (χ3v) is 5.82. The smallest absolute Gasteiger partial charge is 0.411 e. The maximum Gasteiger partial charge on any atom is 0.411 e. The van der Waals surface area contributed by atoms with Crippen LogP contribution in [0.25, 0.3) is 21.5 Å². The van der Waals surface area contributed by atoms with Crippen molar-refractivity contribution in [3.05, 3.63) is 114 Å². The molecule has 0 bridgehead atoms. The third kappa shape index (κ3) is 6.39. The van der Waals surface area contributed by atoms with Crippen LogP contribution in [-0.4, -0.2) is 31.4 Å². The van der Waals surface area contributed by atoms with Gasteiger partial charge in [0.05, 0.1) is 19.9 Å². The number of hydrogen-bond donors (Lipinski definition) is 2. The molecule has 38 heavy (non-hydrogen) atoms. The van der Waals surface area contributed by atoms with Crippen LogP contribution in [0.1, 0.15) is 15.9 Å². The first-order chi connectivity index (χ1) is 18.5. The van der Waals surface area contributed by atoms with Gasteiger partial charge in [-0.2, -0.15) is 0 Å². The molecule has 192 valence electrons. The van der Waals surface area contributed by atoms with Gasteiger partial charge in [0.2, 0.25) is 0 Å². The minimum atomic E-state index is -0.974. The van der Waals surface area contributed by atoms with Crippen molar-refractivity contribution in [3.63, 3.8) is 0 Å². The standard InChI is InChI=1S/C19H17NO3.C12H10O3/c1-22-16-11-15-9-5-6-10-17(15)18(12-16)20-19(21)23-13-14-7-3-2-4-8-14;1-15-11-7-9-5-3-2-4-8(9)6-10(11)12(13)14/h2-12H,13H2,1H3,(H,20,21);2-7H,1H3,(H,13,14). The third-order valence-electron chi connectivity index (χ3n) is 5.82. The van der Waals surface area contributed by atoms with Crippen molar-refractivity contribution < 1.29 is 28.9 Å². The van der Waals surface area contributed by atoms with E-state index in [4.69, 9.17) is 19.3 Å². The highest BCUT2D eigenvalue weighted by Gasteiger charge is 2.12. The van der Waals surface area contributed by atoms with Crippen LogP contribution in [0.3, 0.4) is 0 Å². The summed E-state index contributed by atoms with van der Waals surface area (Å²) >= 11 is 0. The second-order valence-corrected chi connectivity index (χ2v) is 8.29. The van der Waals surface area contributed by atoms with E-state index in [1.54, 1.807) is 25.3 Å². The zero-order valence-electron chi connectivity index (χ0n) is 21.0. The summed E-state index contributed by atoms with van der Waals surface area (Å²) in [5.74, 6) is 0.0980. The van der Waals surface area contributed by atoms with E-state index in [0.717, 1.165) is 27.1 Å². The highest BCUT2D eigenvalue weighted by molar-refractivity contribution is 6.01. The van der Waals surface area contributed by atoms with Crippen LogP contribution >= 0.6 is 0 Å². The van der Waals surface area contributed by atoms with Gasteiger partial charge in [-0.15, -0.1) is 0 Å². The second kappa shape index (κ2) is 12.3. The maximum absolute atomic E-state index is 12.1. The van der Waals surface area contributed by atoms with Crippen LogP contribution in [-0.2, 0) is 11.3 Å². The fourth-order valence-corrected chi connectivity index (χ4v) is 3.93. The van der Waals surface area contributed by atoms with Crippen LogP contribution in [0.5, 0.6) is 11.5 Å². The fraction of sp³-hybridized carbons (Fsp3) is 0.0968. The lowest BCUT2D eigenvalue weighted by Crippen LogP contribution is -2.13. The Morgan fingerprint density at radius 3 is 2.03 bits per heavy atom. The Morgan fingerprint density at radius 2 is 1.37 bits per heavy atom. The lowest BCUT2D eigenvalue weighted by Gasteiger charge is -2.11. The van der Waals surface area contributed by atoms with Gasteiger partial charge in [-0.3, -0.25) is 5.32 Å². The Labute approximate surface area is 220 Å². The number of nitrogens with one attached hydrogen (secondary N) is 1. The lowest BCUT2D eigenvalue weighted by molar-refractivity contribution is 0.0693. The number of carboxylic acids is 1. The van der Waals surface area contributed by atoms with Gasteiger partial charge in [-0.05, 0) is 39.9 Å². The predicted molar refractivity (Wildman–Crippen MR) is 148 cm³/mol. The van der Waals surface area contributed by atoms with Crippen LogP contribution < -0.4 is 14.8 Å². The van der Waals surface area contributed by atoms with E-state index < -0.39 is 12.1 Å².